The Morgan fingerprint density at radius 2 is 2.11 bits per heavy atom. The van der Waals surface area contributed by atoms with Crippen molar-refractivity contribution in [3.63, 3.8) is 0 Å². The summed E-state index contributed by atoms with van der Waals surface area (Å²) in [7, 11) is 0. The second kappa shape index (κ2) is 4.97. The Morgan fingerprint density at radius 3 is 2.84 bits per heavy atom. The fourth-order valence-electron chi connectivity index (χ4n) is 1.89. The number of hydrogen-bond acceptors (Lipinski definition) is 4. The maximum atomic E-state index is 4.53. The van der Waals surface area contributed by atoms with Crippen LogP contribution < -0.4 is 5.32 Å². The number of hydrogen-bond donors (Lipinski definition) is 1. The number of fused-ring (bicyclic) bond motifs is 1. The van der Waals surface area contributed by atoms with E-state index in [1.165, 1.54) is 0 Å². The second-order valence-electron chi connectivity index (χ2n) is 4.02. The van der Waals surface area contributed by atoms with Gasteiger partial charge in [0.05, 0.1) is 16.2 Å². The Morgan fingerprint density at radius 1 is 1.26 bits per heavy atom. The molecule has 0 atom stereocenters. The van der Waals surface area contributed by atoms with E-state index in [0.29, 0.717) is 5.95 Å². The summed E-state index contributed by atoms with van der Waals surface area (Å²) >= 11 is 3.40. The molecule has 0 unspecified atom stereocenters. The maximum Gasteiger partial charge on any atom is 0.225 e. The van der Waals surface area contributed by atoms with Crippen LogP contribution in [0.25, 0.3) is 16.7 Å². The Balaban J connectivity index is 2.25. The van der Waals surface area contributed by atoms with E-state index in [4.69, 9.17) is 0 Å². The van der Waals surface area contributed by atoms with E-state index in [-0.39, 0.29) is 0 Å². The number of nitrogens with zero attached hydrogens (tertiary/aromatic N) is 4. The predicted octanol–water partition coefficient (Wildman–Crippen LogP) is 3.01. The van der Waals surface area contributed by atoms with Crippen molar-refractivity contribution in [1.29, 1.82) is 0 Å². The molecule has 1 aromatic carbocycles. The van der Waals surface area contributed by atoms with Crippen LogP contribution in [0.2, 0.25) is 0 Å². The summed E-state index contributed by atoms with van der Waals surface area (Å²) in [5.41, 5.74) is 0.898. The van der Waals surface area contributed by atoms with Crippen LogP contribution in [0, 0.1) is 0 Å². The van der Waals surface area contributed by atoms with Crippen LogP contribution >= 0.6 is 15.9 Å². The first-order valence-corrected chi connectivity index (χ1v) is 6.78. The Hall–Kier alpha value is -1.95. The highest BCUT2D eigenvalue weighted by Gasteiger charge is 2.09. The summed E-state index contributed by atoms with van der Waals surface area (Å²) < 4.78 is 2.66. The topological polar surface area (TPSA) is 55.6 Å². The number of halogens is 1. The van der Waals surface area contributed by atoms with E-state index in [1.54, 1.807) is 10.9 Å². The Kier molecular flexibility index (Phi) is 3.16. The van der Waals surface area contributed by atoms with Gasteiger partial charge >= 0.3 is 0 Å². The molecule has 0 fully saturated rings. The fourth-order valence-corrected chi connectivity index (χ4v) is 2.17. The van der Waals surface area contributed by atoms with Crippen LogP contribution in [-0.4, -0.2) is 26.3 Å². The van der Waals surface area contributed by atoms with Crippen LogP contribution in [0.5, 0.6) is 0 Å². The molecule has 0 aliphatic heterocycles. The molecule has 1 N–H and O–H groups in total. The highest BCUT2D eigenvalue weighted by molar-refractivity contribution is 9.10. The molecule has 0 radical (unpaired) electrons. The van der Waals surface area contributed by atoms with Gasteiger partial charge in [-0.1, -0.05) is 12.1 Å². The van der Waals surface area contributed by atoms with Gasteiger partial charge in [0.1, 0.15) is 0 Å². The van der Waals surface area contributed by atoms with Gasteiger partial charge in [0, 0.05) is 18.1 Å². The summed E-state index contributed by atoms with van der Waals surface area (Å²) in [4.78, 5) is 9.01. The molecule has 0 aliphatic carbocycles. The molecule has 96 valence electrons. The van der Waals surface area contributed by atoms with Crippen molar-refractivity contribution in [2.75, 3.05) is 11.9 Å². The van der Waals surface area contributed by atoms with E-state index in [1.807, 2.05) is 37.4 Å². The average molecular weight is 318 g/mol. The molecular weight excluding hydrogens is 306 g/mol. The monoisotopic (exact) mass is 317 g/mol. The quantitative estimate of drug-likeness (QED) is 0.806. The van der Waals surface area contributed by atoms with Crippen LogP contribution in [-0.2, 0) is 0 Å². The normalized spacial score (nSPS) is 10.8. The molecule has 19 heavy (non-hydrogen) atoms. The van der Waals surface area contributed by atoms with Crippen molar-refractivity contribution in [2.45, 2.75) is 6.92 Å². The first kappa shape index (κ1) is 12.1. The molecule has 0 saturated heterocycles. The maximum absolute atomic E-state index is 4.53. The lowest BCUT2D eigenvalue weighted by atomic mass is 10.2. The van der Waals surface area contributed by atoms with Gasteiger partial charge in [0.2, 0.25) is 5.95 Å². The Labute approximate surface area is 118 Å². The number of para-hydroxylation sites is 1. The molecule has 6 heteroatoms. The van der Waals surface area contributed by atoms with E-state index >= 15 is 0 Å². The summed E-state index contributed by atoms with van der Waals surface area (Å²) in [5.74, 6) is 1.38. The minimum absolute atomic E-state index is 0.614. The first-order valence-electron chi connectivity index (χ1n) is 5.99. The third-order valence-corrected chi connectivity index (χ3v) is 3.10. The SMILES string of the molecule is CCNc1nc(-n2cc(Br)cn2)c2ccccc2n1. The molecular formula is C13H12BrN5. The van der Waals surface area contributed by atoms with E-state index in [0.717, 1.165) is 27.7 Å². The third-order valence-electron chi connectivity index (χ3n) is 2.69. The van der Waals surface area contributed by atoms with Gasteiger partial charge in [-0.05, 0) is 35.0 Å². The smallest absolute Gasteiger partial charge is 0.225 e. The van der Waals surface area contributed by atoms with Gasteiger partial charge in [0.25, 0.3) is 0 Å². The molecule has 0 saturated carbocycles. The van der Waals surface area contributed by atoms with Crippen molar-refractivity contribution >= 4 is 32.8 Å². The molecule has 2 heterocycles. The second-order valence-corrected chi connectivity index (χ2v) is 4.94. The van der Waals surface area contributed by atoms with E-state index in [9.17, 15) is 0 Å². The number of rotatable bonds is 3. The van der Waals surface area contributed by atoms with Crippen molar-refractivity contribution in [1.82, 2.24) is 19.7 Å². The number of anilines is 1. The van der Waals surface area contributed by atoms with Crippen LogP contribution in [0.1, 0.15) is 6.92 Å². The molecule has 5 nitrogen and oxygen atoms in total. The lowest BCUT2D eigenvalue weighted by molar-refractivity contribution is 0.851. The van der Waals surface area contributed by atoms with Gasteiger partial charge in [-0.25, -0.2) is 9.67 Å². The summed E-state index contributed by atoms with van der Waals surface area (Å²) in [6.07, 6.45) is 3.62. The van der Waals surface area contributed by atoms with Crippen molar-refractivity contribution < 1.29 is 0 Å². The number of aromatic nitrogens is 4. The number of benzene rings is 1. The van der Waals surface area contributed by atoms with Gasteiger partial charge < -0.3 is 5.32 Å². The Bertz CT molecular complexity index is 722. The molecule has 2 aromatic heterocycles. The van der Waals surface area contributed by atoms with Gasteiger partial charge in [0.15, 0.2) is 5.82 Å². The lowest BCUT2D eigenvalue weighted by Gasteiger charge is -2.08. The molecule has 0 spiro atoms. The first-order chi connectivity index (χ1) is 9.28. The van der Waals surface area contributed by atoms with Crippen molar-refractivity contribution in [3.8, 4) is 5.82 Å². The molecule has 0 amide bonds. The van der Waals surface area contributed by atoms with Crippen LogP contribution in [0.15, 0.2) is 41.1 Å². The molecule has 0 bridgehead atoms. The third kappa shape index (κ3) is 2.31. The van der Waals surface area contributed by atoms with Crippen molar-refractivity contribution in [3.05, 3.63) is 41.1 Å². The van der Waals surface area contributed by atoms with Crippen molar-refractivity contribution in [2.24, 2.45) is 0 Å². The highest BCUT2D eigenvalue weighted by Crippen LogP contribution is 2.21. The largest absolute Gasteiger partial charge is 0.354 e. The average Bonchev–Trinajstić information content (AvgIpc) is 2.85. The standard InChI is InChI=1S/C13H12BrN5/c1-2-15-13-17-11-6-4-3-5-10(11)12(18-13)19-8-9(14)7-16-19/h3-8H,2H2,1H3,(H,15,17,18). The van der Waals surface area contributed by atoms with Crippen LogP contribution in [0.3, 0.4) is 0 Å². The van der Waals surface area contributed by atoms with E-state index < -0.39 is 0 Å². The summed E-state index contributed by atoms with van der Waals surface area (Å²) in [6.45, 7) is 2.79. The van der Waals surface area contributed by atoms with Gasteiger partial charge in [-0.15, -0.1) is 0 Å². The molecule has 3 rings (SSSR count). The summed E-state index contributed by atoms with van der Waals surface area (Å²) in [6, 6.07) is 7.91. The minimum Gasteiger partial charge on any atom is -0.354 e. The van der Waals surface area contributed by atoms with Gasteiger partial charge in [-0.3, -0.25) is 0 Å². The lowest BCUT2D eigenvalue weighted by Crippen LogP contribution is -2.07. The highest BCUT2D eigenvalue weighted by atomic mass is 79.9. The summed E-state index contributed by atoms with van der Waals surface area (Å²) in [5, 5.41) is 8.40. The molecule has 0 aliphatic rings. The zero-order valence-corrected chi connectivity index (χ0v) is 11.9. The number of nitrogens with one attached hydrogen (secondary N) is 1. The van der Waals surface area contributed by atoms with Gasteiger partial charge in [-0.2, -0.15) is 10.1 Å². The van der Waals surface area contributed by atoms with E-state index in [2.05, 4.69) is 36.3 Å². The molecule has 3 aromatic rings. The predicted molar refractivity (Wildman–Crippen MR) is 78.5 cm³/mol. The fraction of sp³-hybridized carbons (Fsp3) is 0.154. The zero-order valence-electron chi connectivity index (χ0n) is 10.3. The zero-order chi connectivity index (χ0) is 13.2. The van der Waals surface area contributed by atoms with Crippen LogP contribution in [0.4, 0.5) is 5.95 Å². The minimum atomic E-state index is 0.614.